The van der Waals surface area contributed by atoms with E-state index in [0.717, 1.165) is 42.7 Å². The Morgan fingerprint density at radius 2 is 1.95 bits per heavy atom. The number of likely N-dealkylation sites (tertiary alicyclic amines) is 1. The van der Waals surface area contributed by atoms with Crippen molar-refractivity contribution in [3.05, 3.63) is 29.3 Å². The van der Waals surface area contributed by atoms with Gasteiger partial charge in [0.25, 0.3) is 0 Å². The van der Waals surface area contributed by atoms with Gasteiger partial charge in [0.05, 0.1) is 0 Å². The first kappa shape index (κ1) is 13.7. The van der Waals surface area contributed by atoms with Gasteiger partial charge in [-0.1, -0.05) is 25.0 Å². The van der Waals surface area contributed by atoms with Crippen molar-refractivity contribution in [1.29, 1.82) is 0 Å². The molecule has 4 heteroatoms. The predicted molar refractivity (Wildman–Crippen MR) is 77.9 cm³/mol. The normalized spacial score (nSPS) is 15.9. The molecule has 1 aromatic carbocycles. The molecule has 3 N–H and O–H groups in total. The molecule has 0 aromatic heterocycles. The largest absolute Gasteiger partial charge is 0.399 e. The molecule has 1 aromatic rings. The highest BCUT2D eigenvalue weighted by atomic mass is 16.2. The Balaban J connectivity index is 1.90. The van der Waals surface area contributed by atoms with Gasteiger partial charge in [-0.2, -0.15) is 0 Å². The van der Waals surface area contributed by atoms with Crippen LogP contribution in [0.2, 0.25) is 0 Å². The highest BCUT2D eigenvalue weighted by molar-refractivity contribution is 5.74. The minimum Gasteiger partial charge on any atom is -0.399 e. The van der Waals surface area contributed by atoms with Gasteiger partial charge in [-0.3, -0.25) is 0 Å². The molecule has 1 fully saturated rings. The summed E-state index contributed by atoms with van der Waals surface area (Å²) in [5.74, 6) is 0. The number of hydrogen-bond acceptors (Lipinski definition) is 2. The molecule has 0 atom stereocenters. The number of carbonyl (C=O) groups is 1. The van der Waals surface area contributed by atoms with Gasteiger partial charge in [0.15, 0.2) is 0 Å². The van der Waals surface area contributed by atoms with Crippen LogP contribution in [0.15, 0.2) is 18.2 Å². The fraction of sp³-hybridized carbons (Fsp3) is 0.533. The van der Waals surface area contributed by atoms with E-state index < -0.39 is 0 Å². The summed E-state index contributed by atoms with van der Waals surface area (Å²) in [4.78, 5) is 14.0. The number of benzene rings is 1. The van der Waals surface area contributed by atoms with Gasteiger partial charge in [-0.15, -0.1) is 0 Å². The van der Waals surface area contributed by atoms with E-state index in [-0.39, 0.29) is 6.03 Å². The summed E-state index contributed by atoms with van der Waals surface area (Å²) in [6.45, 7) is 4.29. The number of nitrogens with two attached hydrogens (primary N) is 1. The maximum absolute atomic E-state index is 12.1. The summed E-state index contributed by atoms with van der Waals surface area (Å²) >= 11 is 0. The zero-order valence-corrected chi connectivity index (χ0v) is 11.6. The van der Waals surface area contributed by atoms with E-state index in [1.54, 1.807) is 0 Å². The molecule has 0 saturated carbocycles. The lowest BCUT2D eigenvalue weighted by Crippen LogP contribution is -2.40. The summed E-state index contributed by atoms with van der Waals surface area (Å²) in [5, 5.41) is 3.00. The highest BCUT2D eigenvalue weighted by Crippen LogP contribution is 2.15. The van der Waals surface area contributed by atoms with Crippen molar-refractivity contribution in [2.75, 3.05) is 18.8 Å². The lowest BCUT2D eigenvalue weighted by atomic mass is 10.1. The Morgan fingerprint density at radius 3 is 2.63 bits per heavy atom. The second kappa shape index (κ2) is 6.45. The van der Waals surface area contributed by atoms with Gasteiger partial charge in [-0.05, 0) is 37.0 Å². The molecular weight excluding hydrogens is 238 g/mol. The lowest BCUT2D eigenvalue weighted by molar-refractivity contribution is 0.199. The molecule has 0 unspecified atom stereocenters. The molecular formula is C15H23N3O. The van der Waals surface area contributed by atoms with Crippen LogP contribution in [0.1, 0.15) is 36.8 Å². The Bertz CT molecular complexity index is 437. The molecule has 0 radical (unpaired) electrons. The first-order valence-electron chi connectivity index (χ1n) is 7.05. The van der Waals surface area contributed by atoms with Gasteiger partial charge >= 0.3 is 6.03 Å². The third-order valence-electron chi connectivity index (χ3n) is 3.81. The number of carbonyl (C=O) groups excluding carboxylic acids is 1. The van der Waals surface area contributed by atoms with Crippen LogP contribution >= 0.6 is 0 Å². The van der Waals surface area contributed by atoms with Crippen molar-refractivity contribution in [3.8, 4) is 0 Å². The van der Waals surface area contributed by atoms with Crippen LogP contribution in [0.3, 0.4) is 0 Å². The second-order valence-corrected chi connectivity index (χ2v) is 5.19. The Morgan fingerprint density at radius 1 is 1.26 bits per heavy atom. The standard InChI is InChI=1S/C15H23N3O/c1-12-13(7-6-8-14(12)16)11-17-15(19)18-9-4-2-3-5-10-18/h6-8H,2-5,9-11,16H2,1H3,(H,17,19). The van der Waals surface area contributed by atoms with Crippen molar-refractivity contribution < 1.29 is 4.79 Å². The van der Waals surface area contributed by atoms with Crippen molar-refractivity contribution in [2.24, 2.45) is 0 Å². The zero-order chi connectivity index (χ0) is 13.7. The van der Waals surface area contributed by atoms with E-state index in [1.807, 2.05) is 30.0 Å². The van der Waals surface area contributed by atoms with Crippen molar-refractivity contribution >= 4 is 11.7 Å². The third-order valence-corrected chi connectivity index (χ3v) is 3.81. The summed E-state index contributed by atoms with van der Waals surface area (Å²) < 4.78 is 0. The van der Waals surface area contributed by atoms with E-state index >= 15 is 0 Å². The number of amides is 2. The summed E-state index contributed by atoms with van der Waals surface area (Å²) in [6, 6.07) is 5.86. The van der Waals surface area contributed by atoms with Gasteiger partial charge in [0.2, 0.25) is 0 Å². The van der Waals surface area contributed by atoms with Crippen LogP contribution < -0.4 is 11.1 Å². The number of anilines is 1. The average Bonchev–Trinajstić information content (AvgIpc) is 2.69. The summed E-state index contributed by atoms with van der Waals surface area (Å²) in [5.41, 5.74) is 8.79. The van der Waals surface area contributed by atoms with E-state index in [2.05, 4.69) is 5.32 Å². The molecule has 104 valence electrons. The van der Waals surface area contributed by atoms with E-state index in [1.165, 1.54) is 12.8 Å². The molecule has 19 heavy (non-hydrogen) atoms. The van der Waals surface area contributed by atoms with E-state index in [9.17, 15) is 4.79 Å². The molecule has 4 nitrogen and oxygen atoms in total. The zero-order valence-electron chi connectivity index (χ0n) is 11.6. The number of nitrogens with one attached hydrogen (secondary N) is 1. The molecule has 1 heterocycles. The minimum atomic E-state index is 0.0451. The Labute approximate surface area is 115 Å². The minimum absolute atomic E-state index is 0.0451. The number of rotatable bonds is 2. The van der Waals surface area contributed by atoms with Gasteiger partial charge in [-0.25, -0.2) is 4.79 Å². The topological polar surface area (TPSA) is 58.4 Å². The molecule has 1 aliphatic rings. The molecule has 2 amide bonds. The second-order valence-electron chi connectivity index (χ2n) is 5.19. The van der Waals surface area contributed by atoms with Crippen LogP contribution in [0, 0.1) is 6.92 Å². The van der Waals surface area contributed by atoms with Crippen LogP contribution in [0.5, 0.6) is 0 Å². The fourth-order valence-electron chi connectivity index (χ4n) is 2.45. The molecule has 1 aliphatic heterocycles. The van der Waals surface area contributed by atoms with Crippen LogP contribution in [-0.2, 0) is 6.54 Å². The number of urea groups is 1. The Hall–Kier alpha value is -1.71. The number of hydrogen-bond donors (Lipinski definition) is 2. The SMILES string of the molecule is Cc1c(N)cccc1CNC(=O)N1CCCCCC1. The molecule has 0 spiro atoms. The maximum Gasteiger partial charge on any atom is 0.317 e. The predicted octanol–water partition coefficient (Wildman–Crippen LogP) is 2.66. The summed E-state index contributed by atoms with van der Waals surface area (Å²) in [6.07, 6.45) is 4.70. The molecule has 2 rings (SSSR count). The maximum atomic E-state index is 12.1. The quantitative estimate of drug-likeness (QED) is 0.804. The smallest absolute Gasteiger partial charge is 0.317 e. The molecule has 0 aliphatic carbocycles. The van der Waals surface area contributed by atoms with Gasteiger partial charge < -0.3 is 16.0 Å². The highest BCUT2D eigenvalue weighted by Gasteiger charge is 2.15. The average molecular weight is 261 g/mol. The van der Waals surface area contributed by atoms with Crippen molar-refractivity contribution in [3.63, 3.8) is 0 Å². The van der Waals surface area contributed by atoms with Crippen molar-refractivity contribution in [2.45, 2.75) is 39.2 Å². The van der Waals surface area contributed by atoms with Crippen LogP contribution in [0.25, 0.3) is 0 Å². The van der Waals surface area contributed by atoms with E-state index in [4.69, 9.17) is 5.73 Å². The van der Waals surface area contributed by atoms with Crippen LogP contribution in [-0.4, -0.2) is 24.0 Å². The Kier molecular flexibility index (Phi) is 4.66. The van der Waals surface area contributed by atoms with Gasteiger partial charge in [0.1, 0.15) is 0 Å². The van der Waals surface area contributed by atoms with E-state index in [0.29, 0.717) is 6.54 Å². The van der Waals surface area contributed by atoms with Crippen LogP contribution in [0.4, 0.5) is 10.5 Å². The monoisotopic (exact) mass is 261 g/mol. The first-order chi connectivity index (χ1) is 9.18. The number of nitrogen functional groups attached to an aromatic ring is 1. The molecule has 0 bridgehead atoms. The van der Waals surface area contributed by atoms with Crippen molar-refractivity contribution in [1.82, 2.24) is 10.2 Å². The molecule has 1 saturated heterocycles. The summed E-state index contributed by atoms with van der Waals surface area (Å²) in [7, 11) is 0. The first-order valence-corrected chi connectivity index (χ1v) is 7.05. The fourth-order valence-corrected chi connectivity index (χ4v) is 2.45. The number of nitrogens with zero attached hydrogens (tertiary/aromatic N) is 1. The lowest BCUT2D eigenvalue weighted by Gasteiger charge is -2.21. The third kappa shape index (κ3) is 3.63. The van der Waals surface area contributed by atoms with Gasteiger partial charge in [0, 0.05) is 25.3 Å².